The lowest BCUT2D eigenvalue weighted by molar-refractivity contribution is 0.00551. The number of methoxy groups -OCH3 is 1. The van der Waals surface area contributed by atoms with Gasteiger partial charge in [-0.15, -0.1) is 0 Å². The van der Waals surface area contributed by atoms with E-state index in [0.717, 1.165) is 56.6 Å². The van der Waals surface area contributed by atoms with Crippen LogP contribution in [0.4, 0.5) is 0 Å². The van der Waals surface area contributed by atoms with Crippen molar-refractivity contribution in [3.8, 4) is 0 Å². The van der Waals surface area contributed by atoms with Crippen molar-refractivity contribution in [2.24, 2.45) is 0 Å². The Hall–Kier alpha value is -5.28. The van der Waals surface area contributed by atoms with Gasteiger partial charge in [0.05, 0.1) is 29.1 Å². The van der Waals surface area contributed by atoms with Gasteiger partial charge in [-0.3, -0.25) is 9.97 Å². The zero-order chi connectivity index (χ0) is 39.6. The third-order valence-electron chi connectivity index (χ3n) is 10.2. The molecule has 0 bridgehead atoms. The maximum Gasteiger partial charge on any atom is 0.340 e. The zero-order valence-electron chi connectivity index (χ0n) is 33.8. The van der Waals surface area contributed by atoms with Gasteiger partial charge in [0.2, 0.25) is 0 Å². The maximum atomic E-state index is 13.0. The third kappa shape index (κ3) is 9.56. The number of hydrogen-bond donors (Lipinski definition) is 1. The van der Waals surface area contributed by atoms with E-state index in [0.29, 0.717) is 42.4 Å². The number of H-pyrrole nitrogens is 1. The molecule has 2 aromatic carbocycles. The Morgan fingerprint density at radius 3 is 1.79 bits per heavy atom. The molecule has 0 amide bonds. The summed E-state index contributed by atoms with van der Waals surface area (Å²) in [4.78, 5) is 38.4. The zero-order valence-corrected chi connectivity index (χ0v) is 33.8. The molecule has 292 valence electrons. The summed E-state index contributed by atoms with van der Waals surface area (Å²) in [6, 6.07) is 20.6. The highest BCUT2D eigenvalue weighted by Gasteiger charge is 2.29. The monoisotopic (exact) mass is 754 g/mol. The van der Waals surface area contributed by atoms with Crippen LogP contribution in [0, 0.1) is 0 Å². The first-order valence-corrected chi connectivity index (χ1v) is 19.8. The molecule has 6 aromatic rings. The van der Waals surface area contributed by atoms with E-state index >= 15 is 0 Å². The molecular formula is C47H54N4O5. The summed E-state index contributed by atoms with van der Waals surface area (Å²) in [5, 5.41) is 2.34. The van der Waals surface area contributed by atoms with Crippen molar-refractivity contribution in [3.63, 3.8) is 0 Å². The minimum atomic E-state index is -0.539. The van der Waals surface area contributed by atoms with E-state index < -0.39 is 11.2 Å². The van der Waals surface area contributed by atoms with Gasteiger partial charge in [0.1, 0.15) is 11.2 Å². The third-order valence-corrected chi connectivity index (χ3v) is 10.2. The van der Waals surface area contributed by atoms with E-state index in [-0.39, 0.29) is 11.9 Å². The number of rotatable bonds is 11. The predicted molar refractivity (Wildman–Crippen MR) is 220 cm³/mol. The highest BCUT2D eigenvalue weighted by molar-refractivity contribution is 5.93. The number of benzene rings is 2. The molecule has 4 heterocycles. The smallest absolute Gasteiger partial charge is 0.340 e. The molecule has 56 heavy (non-hydrogen) atoms. The Balaban J connectivity index is 0.000000173. The highest BCUT2D eigenvalue weighted by Crippen LogP contribution is 2.41. The Bertz CT molecular complexity index is 2350. The van der Waals surface area contributed by atoms with Crippen LogP contribution < -0.4 is 0 Å². The number of aromatic nitrogens is 4. The summed E-state index contributed by atoms with van der Waals surface area (Å²) in [6.07, 6.45) is 13.8. The molecule has 2 fully saturated rings. The molecule has 0 radical (unpaired) electrons. The molecule has 2 aliphatic rings. The van der Waals surface area contributed by atoms with Crippen LogP contribution in [0.2, 0.25) is 0 Å². The van der Waals surface area contributed by atoms with Crippen LogP contribution in [0.5, 0.6) is 0 Å². The molecule has 0 aliphatic heterocycles. The molecule has 8 rings (SSSR count). The number of pyridine rings is 2. The summed E-state index contributed by atoms with van der Waals surface area (Å²) in [5.74, 6) is 0.498. The predicted octanol–water partition coefficient (Wildman–Crippen LogP) is 10.1. The van der Waals surface area contributed by atoms with E-state index in [1.165, 1.54) is 31.1 Å². The van der Waals surface area contributed by atoms with Crippen molar-refractivity contribution >= 4 is 33.7 Å². The number of nitrogens with one attached hydrogen (secondary N) is 1. The minimum absolute atomic E-state index is 0.288. The van der Waals surface area contributed by atoms with Gasteiger partial charge in [0, 0.05) is 73.1 Å². The Labute approximate surface area is 329 Å². The standard InChI is InChI=1S/C25H30N2O3.C22H24N2O2/c1-25(2,3)30-24(28)21-14-19(17-8-9-17)16-26-22(21)15-18-6-5-7-23-20(18)10-11-27(23)12-13-29-4;1-22(2,3)26-21(25)18-11-16(14-7-8-14)13-24-20(18)12-15-5-4-6-19-17(15)9-10-23-19/h5-7,10-11,14,16-17H,8-9,12-13,15H2,1-4H3;4-6,9-11,13-14,23H,7-8,12H2,1-3H3. The molecule has 1 N–H and O–H groups in total. The van der Waals surface area contributed by atoms with Crippen molar-refractivity contribution < 1.29 is 23.8 Å². The van der Waals surface area contributed by atoms with E-state index in [1.807, 2.05) is 78.3 Å². The number of esters is 2. The van der Waals surface area contributed by atoms with Crippen LogP contribution in [-0.4, -0.2) is 56.4 Å². The summed E-state index contributed by atoms with van der Waals surface area (Å²) in [6.45, 7) is 12.8. The van der Waals surface area contributed by atoms with Crippen molar-refractivity contribution in [2.75, 3.05) is 13.7 Å². The van der Waals surface area contributed by atoms with Crippen LogP contribution in [0.15, 0.2) is 85.5 Å². The highest BCUT2D eigenvalue weighted by atomic mass is 16.6. The molecule has 0 saturated heterocycles. The lowest BCUT2D eigenvalue weighted by Crippen LogP contribution is -2.25. The van der Waals surface area contributed by atoms with E-state index in [9.17, 15) is 9.59 Å². The van der Waals surface area contributed by atoms with Gasteiger partial charge in [0.15, 0.2) is 0 Å². The first-order valence-electron chi connectivity index (χ1n) is 19.8. The minimum Gasteiger partial charge on any atom is -0.456 e. The van der Waals surface area contributed by atoms with Crippen LogP contribution in [0.1, 0.15) is 133 Å². The lowest BCUT2D eigenvalue weighted by atomic mass is 10.00. The Morgan fingerprint density at radius 2 is 1.27 bits per heavy atom. The van der Waals surface area contributed by atoms with Gasteiger partial charge < -0.3 is 23.8 Å². The Morgan fingerprint density at radius 1 is 0.732 bits per heavy atom. The largest absolute Gasteiger partial charge is 0.456 e. The van der Waals surface area contributed by atoms with Gasteiger partial charge >= 0.3 is 11.9 Å². The summed E-state index contributed by atoms with van der Waals surface area (Å²) in [5.41, 5.74) is 8.52. The first-order chi connectivity index (χ1) is 26.8. The number of carbonyl (C=O) groups excluding carboxylic acids is 2. The lowest BCUT2D eigenvalue weighted by Gasteiger charge is -2.21. The second-order valence-corrected chi connectivity index (χ2v) is 17.1. The number of fused-ring (bicyclic) bond motifs is 2. The van der Waals surface area contributed by atoms with Crippen molar-refractivity contribution in [1.82, 2.24) is 19.5 Å². The molecule has 9 nitrogen and oxygen atoms in total. The summed E-state index contributed by atoms with van der Waals surface area (Å²) in [7, 11) is 1.71. The fourth-order valence-corrected chi connectivity index (χ4v) is 7.09. The van der Waals surface area contributed by atoms with Gasteiger partial charge in [0.25, 0.3) is 0 Å². The molecule has 2 saturated carbocycles. The number of aromatic amines is 1. The normalized spacial score (nSPS) is 14.4. The first kappa shape index (κ1) is 39.0. The molecule has 2 aliphatic carbocycles. The fourth-order valence-electron chi connectivity index (χ4n) is 7.09. The summed E-state index contributed by atoms with van der Waals surface area (Å²) >= 11 is 0. The van der Waals surface area contributed by atoms with Gasteiger partial charge in [-0.1, -0.05) is 24.3 Å². The van der Waals surface area contributed by atoms with Gasteiger partial charge in [-0.2, -0.15) is 0 Å². The van der Waals surface area contributed by atoms with E-state index in [4.69, 9.17) is 19.2 Å². The molecular weight excluding hydrogens is 701 g/mol. The maximum absolute atomic E-state index is 13.0. The molecule has 0 spiro atoms. The van der Waals surface area contributed by atoms with Crippen LogP contribution in [0.3, 0.4) is 0 Å². The fraction of sp³-hybridized carbons (Fsp3) is 0.404. The quantitative estimate of drug-likeness (QED) is 0.131. The average Bonchev–Trinajstić information content (AvgIpc) is 4.08. The van der Waals surface area contributed by atoms with Crippen LogP contribution in [0.25, 0.3) is 21.8 Å². The van der Waals surface area contributed by atoms with E-state index in [1.54, 1.807) is 7.11 Å². The second-order valence-electron chi connectivity index (χ2n) is 17.1. The van der Waals surface area contributed by atoms with Crippen molar-refractivity contribution in [3.05, 3.63) is 130 Å². The number of ether oxygens (including phenoxy) is 3. The van der Waals surface area contributed by atoms with Crippen LogP contribution in [-0.2, 0) is 33.6 Å². The van der Waals surface area contributed by atoms with Gasteiger partial charge in [-0.05, 0) is 138 Å². The summed E-state index contributed by atoms with van der Waals surface area (Å²) < 4.78 is 18.8. The SMILES string of the molecule is CC(C)(C)OC(=O)c1cc(C2CC2)cnc1Cc1cccc2[nH]ccc12.COCCn1ccc2c(Cc3ncc(C4CC4)cc3C(=O)OC(C)(C)C)cccc21. The number of carbonyl (C=O) groups is 2. The topological polar surface area (TPSA) is 108 Å². The van der Waals surface area contributed by atoms with Crippen molar-refractivity contribution in [1.29, 1.82) is 0 Å². The van der Waals surface area contributed by atoms with E-state index in [2.05, 4.69) is 63.2 Å². The molecule has 9 heteroatoms. The molecule has 0 atom stereocenters. The number of hydrogen-bond acceptors (Lipinski definition) is 7. The number of nitrogens with zero attached hydrogens (tertiary/aromatic N) is 3. The van der Waals surface area contributed by atoms with Crippen LogP contribution >= 0.6 is 0 Å². The second kappa shape index (κ2) is 16.1. The van der Waals surface area contributed by atoms with Crippen molar-refractivity contribution in [2.45, 2.75) is 110 Å². The van der Waals surface area contributed by atoms with Gasteiger partial charge in [-0.25, -0.2) is 9.59 Å². The Kier molecular flexibility index (Phi) is 11.2. The average molecular weight is 755 g/mol. The molecule has 4 aromatic heterocycles. The molecule has 0 unspecified atom stereocenters.